The van der Waals surface area contributed by atoms with Gasteiger partial charge in [0.15, 0.2) is 0 Å². The standard InChI is InChI=1S/C6H10N2O4S/c1-4(2)5-3-8(5)12-6(9)7-13(10)11/h4-5H,3H2,1-2H3. The highest BCUT2D eigenvalue weighted by molar-refractivity contribution is 7.62. The molecule has 0 saturated carbocycles. The smallest absolute Gasteiger partial charge is 0.348 e. The van der Waals surface area contributed by atoms with Gasteiger partial charge in [0.2, 0.25) is 0 Å². The minimum Gasteiger partial charge on any atom is -0.348 e. The quantitative estimate of drug-likeness (QED) is 0.613. The van der Waals surface area contributed by atoms with Gasteiger partial charge in [0.25, 0.3) is 0 Å². The molecule has 1 fully saturated rings. The van der Waals surface area contributed by atoms with Gasteiger partial charge in [-0.15, -0.1) is 5.06 Å². The molecule has 2 unspecified atom stereocenters. The summed E-state index contributed by atoms with van der Waals surface area (Å²) in [5, 5.41) is 1.41. The van der Waals surface area contributed by atoms with Crippen LogP contribution in [0.5, 0.6) is 0 Å². The van der Waals surface area contributed by atoms with Crippen molar-refractivity contribution in [3.8, 4) is 0 Å². The Morgan fingerprint density at radius 3 is 2.62 bits per heavy atom. The lowest BCUT2D eigenvalue weighted by molar-refractivity contribution is -0.00889. The van der Waals surface area contributed by atoms with Crippen LogP contribution in [0.25, 0.3) is 0 Å². The van der Waals surface area contributed by atoms with Crippen molar-refractivity contribution >= 4 is 16.6 Å². The van der Waals surface area contributed by atoms with Crippen molar-refractivity contribution in [1.29, 1.82) is 0 Å². The predicted octanol–water partition coefficient (Wildman–Crippen LogP) is 0.441. The summed E-state index contributed by atoms with van der Waals surface area (Å²) in [4.78, 5) is 15.2. The summed E-state index contributed by atoms with van der Waals surface area (Å²) in [5.41, 5.74) is 0. The molecular formula is C6H10N2O4S. The van der Waals surface area contributed by atoms with Gasteiger partial charge in [-0.05, 0) is 5.92 Å². The summed E-state index contributed by atoms with van der Waals surface area (Å²) in [7, 11) is -2.73. The second kappa shape index (κ2) is 3.84. The second-order valence-electron chi connectivity index (χ2n) is 3.08. The van der Waals surface area contributed by atoms with Crippen LogP contribution in [0.3, 0.4) is 0 Å². The Bertz CT molecular complexity index is 327. The highest BCUT2D eigenvalue weighted by Crippen LogP contribution is 2.25. The molecule has 7 heteroatoms. The molecule has 74 valence electrons. The zero-order valence-corrected chi connectivity index (χ0v) is 8.11. The zero-order valence-electron chi connectivity index (χ0n) is 7.30. The fourth-order valence-electron chi connectivity index (χ4n) is 0.963. The third-order valence-corrected chi connectivity index (χ3v) is 2.02. The summed E-state index contributed by atoms with van der Waals surface area (Å²) in [6.45, 7) is 4.62. The van der Waals surface area contributed by atoms with Crippen LogP contribution in [0.4, 0.5) is 4.79 Å². The van der Waals surface area contributed by atoms with Crippen LogP contribution < -0.4 is 0 Å². The topological polar surface area (TPSA) is 75.8 Å². The van der Waals surface area contributed by atoms with Crippen LogP contribution in [-0.4, -0.2) is 32.2 Å². The lowest BCUT2D eigenvalue weighted by Gasteiger charge is -2.02. The van der Waals surface area contributed by atoms with Gasteiger partial charge in [-0.3, -0.25) is 0 Å². The molecule has 1 rings (SSSR count). The second-order valence-corrected chi connectivity index (χ2v) is 3.69. The van der Waals surface area contributed by atoms with Crippen LogP contribution in [0.1, 0.15) is 13.8 Å². The Kier molecular flexibility index (Phi) is 2.99. The number of carbonyl (C=O) groups is 1. The molecule has 0 aromatic rings. The summed E-state index contributed by atoms with van der Waals surface area (Å²) < 4.78 is 22.5. The Morgan fingerprint density at radius 2 is 2.23 bits per heavy atom. The molecule has 1 heterocycles. The maximum absolute atomic E-state index is 10.6. The molecule has 6 nitrogen and oxygen atoms in total. The molecule has 1 amide bonds. The molecular weight excluding hydrogens is 196 g/mol. The van der Waals surface area contributed by atoms with Crippen LogP contribution in [-0.2, 0) is 15.3 Å². The van der Waals surface area contributed by atoms with Crippen molar-refractivity contribution in [2.45, 2.75) is 19.9 Å². The minimum absolute atomic E-state index is 0.194. The highest BCUT2D eigenvalue weighted by atomic mass is 32.2. The summed E-state index contributed by atoms with van der Waals surface area (Å²) in [6, 6.07) is 0.194. The average Bonchev–Trinajstić information content (AvgIpc) is 2.64. The zero-order chi connectivity index (χ0) is 10.0. The molecule has 13 heavy (non-hydrogen) atoms. The molecule has 0 bridgehead atoms. The van der Waals surface area contributed by atoms with E-state index in [1.165, 1.54) is 5.06 Å². The van der Waals surface area contributed by atoms with Crippen molar-refractivity contribution in [3.63, 3.8) is 0 Å². The first-order chi connectivity index (χ1) is 6.00. The third kappa shape index (κ3) is 3.11. The maximum atomic E-state index is 10.6. The van der Waals surface area contributed by atoms with Gasteiger partial charge >= 0.3 is 16.6 Å². The largest absolute Gasteiger partial charge is 0.467 e. The van der Waals surface area contributed by atoms with E-state index in [-0.39, 0.29) is 6.04 Å². The van der Waals surface area contributed by atoms with Crippen molar-refractivity contribution in [3.05, 3.63) is 0 Å². The van der Waals surface area contributed by atoms with Gasteiger partial charge in [-0.25, -0.2) is 4.79 Å². The van der Waals surface area contributed by atoms with E-state index < -0.39 is 16.6 Å². The number of carbonyl (C=O) groups excluding carboxylic acids is 1. The van der Waals surface area contributed by atoms with E-state index in [1.54, 1.807) is 0 Å². The molecule has 0 aliphatic carbocycles. The van der Waals surface area contributed by atoms with E-state index in [4.69, 9.17) is 0 Å². The molecule has 0 N–H and O–H groups in total. The Hall–Kier alpha value is -0.950. The predicted molar refractivity (Wildman–Crippen MR) is 43.2 cm³/mol. The Morgan fingerprint density at radius 1 is 1.62 bits per heavy atom. The molecule has 0 radical (unpaired) electrons. The normalized spacial score (nSPS) is 25.5. The summed E-state index contributed by atoms with van der Waals surface area (Å²) >= 11 is 0. The fraction of sp³-hybridized carbons (Fsp3) is 0.833. The summed E-state index contributed by atoms with van der Waals surface area (Å²) in [6.07, 6.45) is -1.09. The lowest BCUT2D eigenvalue weighted by Crippen LogP contribution is -2.11. The number of hydrogen-bond acceptors (Lipinski definition) is 5. The van der Waals surface area contributed by atoms with Gasteiger partial charge in [0.05, 0.1) is 12.6 Å². The number of hydroxylamine groups is 2. The first kappa shape index (κ1) is 10.1. The van der Waals surface area contributed by atoms with Crippen molar-refractivity contribution in [2.24, 2.45) is 10.3 Å². The molecule has 0 spiro atoms. The van der Waals surface area contributed by atoms with E-state index in [0.717, 1.165) is 0 Å². The van der Waals surface area contributed by atoms with Crippen LogP contribution in [0.15, 0.2) is 4.36 Å². The van der Waals surface area contributed by atoms with Crippen molar-refractivity contribution < 1.29 is 18.0 Å². The van der Waals surface area contributed by atoms with Gasteiger partial charge in [0.1, 0.15) is 0 Å². The molecule has 1 saturated heterocycles. The SMILES string of the molecule is CC(C)C1CN1OC(=O)N=S(=O)=O. The summed E-state index contributed by atoms with van der Waals surface area (Å²) in [5.74, 6) is 0.380. The minimum atomic E-state index is -2.73. The molecule has 2 atom stereocenters. The third-order valence-electron chi connectivity index (χ3n) is 1.72. The number of amides is 1. The fourth-order valence-corrected chi connectivity index (χ4v) is 1.12. The first-order valence-corrected chi connectivity index (χ1v) is 4.83. The Labute approximate surface area is 77.1 Å². The van der Waals surface area contributed by atoms with Gasteiger partial charge in [-0.2, -0.15) is 8.42 Å². The van der Waals surface area contributed by atoms with E-state index in [9.17, 15) is 13.2 Å². The number of rotatable bonds is 2. The highest BCUT2D eigenvalue weighted by Gasteiger charge is 2.40. The lowest BCUT2D eigenvalue weighted by atomic mass is 10.1. The van der Waals surface area contributed by atoms with Crippen LogP contribution >= 0.6 is 0 Å². The Balaban J connectivity index is 2.37. The molecule has 1 aliphatic rings. The van der Waals surface area contributed by atoms with Crippen LogP contribution in [0.2, 0.25) is 0 Å². The first-order valence-electron chi connectivity index (χ1n) is 3.80. The van der Waals surface area contributed by atoms with E-state index in [2.05, 4.69) is 9.20 Å². The molecule has 0 aromatic carbocycles. The average molecular weight is 206 g/mol. The van der Waals surface area contributed by atoms with Crippen LogP contribution in [0, 0.1) is 5.92 Å². The molecule has 0 aromatic heterocycles. The van der Waals surface area contributed by atoms with E-state index >= 15 is 0 Å². The number of hydrogen-bond donors (Lipinski definition) is 0. The van der Waals surface area contributed by atoms with E-state index in [1.807, 2.05) is 13.8 Å². The van der Waals surface area contributed by atoms with Gasteiger partial charge < -0.3 is 4.84 Å². The van der Waals surface area contributed by atoms with Crippen molar-refractivity contribution in [2.75, 3.05) is 6.54 Å². The van der Waals surface area contributed by atoms with E-state index in [0.29, 0.717) is 12.5 Å². The molecule has 1 aliphatic heterocycles. The van der Waals surface area contributed by atoms with Gasteiger partial charge in [0, 0.05) is 0 Å². The number of nitrogens with zero attached hydrogens (tertiary/aromatic N) is 2. The maximum Gasteiger partial charge on any atom is 0.467 e. The monoisotopic (exact) mass is 206 g/mol. The van der Waals surface area contributed by atoms with Gasteiger partial charge in [-0.1, -0.05) is 18.2 Å². The van der Waals surface area contributed by atoms with Crippen molar-refractivity contribution in [1.82, 2.24) is 5.06 Å².